The lowest BCUT2D eigenvalue weighted by Crippen LogP contribution is -2.49. The van der Waals surface area contributed by atoms with Gasteiger partial charge in [-0.1, -0.05) is 52.3 Å². The van der Waals surface area contributed by atoms with Crippen molar-refractivity contribution in [3.05, 3.63) is 73.8 Å². The fraction of sp³-hybridized carbons (Fsp3) is 0.182. The van der Waals surface area contributed by atoms with Crippen molar-refractivity contribution in [3.63, 3.8) is 0 Å². The number of benzene rings is 3. The van der Waals surface area contributed by atoms with Crippen molar-refractivity contribution >= 4 is 61.2 Å². The number of ether oxygens (including phenoxy) is 1. The fourth-order valence-electron chi connectivity index (χ4n) is 2.78. The highest BCUT2D eigenvalue weighted by atomic mass is 127. The highest BCUT2D eigenvalue weighted by Crippen LogP contribution is 2.34. The van der Waals surface area contributed by atoms with E-state index in [-0.39, 0.29) is 6.61 Å². The van der Waals surface area contributed by atoms with Gasteiger partial charge in [-0.25, -0.2) is 4.79 Å². The van der Waals surface area contributed by atoms with E-state index in [0.717, 1.165) is 20.8 Å². The zero-order valence-electron chi connectivity index (χ0n) is 15.8. The summed E-state index contributed by atoms with van der Waals surface area (Å²) in [5, 5.41) is 13.7. The van der Waals surface area contributed by atoms with Gasteiger partial charge >= 0.3 is 5.97 Å². The normalized spacial score (nSPS) is 11.3. The van der Waals surface area contributed by atoms with Crippen LogP contribution in [0.3, 0.4) is 0 Å². The van der Waals surface area contributed by atoms with E-state index in [1.807, 2.05) is 54.6 Å². The number of carboxylic acid groups (broad SMARTS) is 1. The summed E-state index contributed by atoms with van der Waals surface area (Å²) in [5.41, 5.74) is -0.126. The minimum Gasteiger partial charge on any atom is -0.487 e. The number of carboxylic acids is 1. The van der Waals surface area contributed by atoms with E-state index >= 15 is 0 Å². The number of hydrogen-bond acceptors (Lipinski definition) is 3. The third-order valence-corrected chi connectivity index (χ3v) is 5.82. The number of amides is 1. The summed E-state index contributed by atoms with van der Waals surface area (Å²) in [5.74, 6) is -1.16. The lowest BCUT2D eigenvalue weighted by Gasteiger charge is -2.23. The predicted molar refractivity (Wildman–Crippen MR) is 124 cm³/mol. The molecule has 3 aromatic carbocycles. The second-order valence-corrected chi connectivity index (χ2v) is 9.16. The topological polar surface area (TPSA) is 75.6 Å². The van der Waals surface area contributed by atoms with E-state index in [1.165, 1.54) is 13.8 Å². The van der Waals surface area contributed by atoms with Crippen LogP contribution in [-0.4, -0.2) is 22.5 Å². The van der Waals surface area contributed by atoms with Crippen LogP contribution >= 0.6 is 38.5 Å². The zero-order chi connectivity index (χ0) is 21.2. The number of halogens is 2. The van der Waals surface area contributed by atoms with E-state index < -0.39 is 17.4 Å². The zero-order valence-corrected chi connectivity index (χ0v) is 19.6. The van der Waals surface area contributed by atoms with Crippen molar-refractivity contribution < 1.29 is 19.4 Å². The van der Waals surface area contributed by atoms with Crippen LogP contribution in [-0.2, 0) is 11.4 Å². The molecule has 3 rings (SSSR count). The van der Waals surface area contributed by atoms with Crippen molar-refractivity contribution in [3.8, 4) is 5.75 Å². The molecule has 0 bridgehead atoms. The molecule has 7 heteroatoms. The highest BCUT2D eigenvalue weighted by molar-refractivity contribution is 14.1. The quantitative estimate of drug-likeness (QED) is 0.392. The van der Waals surface area contributed by atoms with Crippen LogP contribution in [0, 0.1) is 3.57 Å². The van der Waals surface area contributed by atoms with Gasteiger partial charge in [-0.15, -0.1) is 0 Å². The van der Waals surface area contributed by atoms with Gasteiger partial charge in [0.05, 0.1) is 5.56 Å². The second-order valence-electron chi connectivity index (χ2n) is 7.08. The maximum Gasteiger partial charge on any atom is 0.328 e. The Bertz CT molecular complexity index is 1080. The molecular formula is C22H19BrINO4. The largest absolute Gasteiger partial charge is 0.487 e. The van der Waals surface area contributed by atoms with Crippen LogP contribution in [0.5, 0.6) is 5.75 Å². The van der Waals surface area contributed by atoms with Crippen molar-refractivity contribution in [1.82, 2.24) is 5.32 Å². The summed E-state index contributed by atoms with van der Waals surface area (Å²) in [6.07, 6.45) is 0. The van der Waals surface area contributed by atoms with E-state index in [2.05, 4.69) is 43.8 Å². The lowest BCUT2D eigenvalue weighted by molar-refractivity contribution is -0.143. The monoisotopic (exact) mass is 567 g/mol. The Morgan fingerprint density at radius 3 is 2.45 bits per heavy atom. The molecule has 0 aliphatic carbocycles. The summed E-state index contributed by atoms with van der Waals surface area (Å²) in [6.45, 7) is 3.17. The smallest absolute Gasteiger partial charge is 0.328 e. The molecule has 3 aromatic rings. The first-order chi connectivity index (χ1) is 13.7. The van der Waals surface area contributed by atoms with Gasteiger partial charge in [0.1, 0.15) is 17.9 Å². The van der Waals surface area contributed by atoms with E-state index in [9.17, 15) is 14.7 Å². The molecule has 29 heavy (non-hydrogen) atoms. The Hall–Kier alpha value is -2.13. The fourth-order valence-corrected chi connectivity index (χ4v) is 3.87. The van der Waals surface area contributed by atoms with E-state index in [4.69, 9.17) is 4.74 Å². The van der Waals surface area contributed by atoms with Gasteiger partial charge in [0.2, 0.25) is 0 Å². The lowest BCUT2D eigenvalue weighted by atomic mass is 10.0. The maximum absolute atomic E-state index is 13.0. The number of rotatable bonds is 6. The molecule has 0 heterocycles. The van der Waals surface area contributed by atoms with Crippen molar-refractivity contribution in [2.24, 2.45) is 0 Å². The summed E-state index contributed by atoms with van der Waals surface area (Å²) in [6, 6.07) is 17.3. The number of aliphatic carboxylic acids is 1. The maximum atomic E-state index is 13.0. The van der Waals surface area contributed by atoms with Crippen LogP contribution in [0.1, 0.15) is 29.8 Å². The minimum atomic E-state index is -1.41. The molecule has 0 radical (unpaired) electrons. The number of fused-ring (bicyclic) bond motifs is 1. The first-order valence-electron chi connectivity index (χ1n) is 8.83. The SMILES string of the molecule is CC(C)(NC(=O)c1c(I)cc2ccccc2c1OCc1ccc(Br)cc1)C(=O)O. The number of nitrogens with one attached hydrogen (secondary N) is 1. The molecular weight excluding hydrogens is 549 g/mol. The molecule has 5 nitrogen and oxygen atoms in total. The summed E-state index contributed by atoms with van der Waals surface area (Å²) >= 11 is 5.49. The van der Waals surface area contributed by atoms with Crippen LogP contribution in [0.15, 0.2) is 59.1 Å². The molecule has 2 N–H and O–H groups in total. The molecule has 0 fully saturated rings. The first-order valence-corrected chi connectivity index (χ1v) is 10.7. The standard InChI is InChI=1S/C22H19BrINO4/c1-22(2,21(27)28)25-20(26)18-17(24)11-14-5-3-4-6-16(14)19(18)29-12-13-7-9-15(23)10-8-13/h3-11H,12H2,1-2H3,(H,25,26)(H,27,28). The van der Waals surface area contributed by atoms with Gasteiger partial charge in [0, 0.05) is 13.4 Å². The van der Waals surface area contributed by atoms with Gasteiger partial charge in [-0.05, 0) is 65.6 Å². The van der Waals surface area contributed by atoms with Crippen LogP contribution in [0.4, 0.5) is 0 Å². The molecule has 0 saturated heterocycles. The molecule has 150 valence electrons. The number of carbonyl (C=O) groups excluding carboxylic acids is 1. The molecule has 0 saturated carbocycles. The van der Waals surface area contributed by atoms with Gasteiger partial charge in [-0.3, -0.25) is 4.79 Å². The van der Waals surface area contributed by atoms with Crippen LogP contribution in [0.2, 0.25) is 0 Å². The van der Waals surface area contributed by atoms with E-state index in [1.54, 1.807) is 0 Å². The minimum absolute atomic E-state index is 0.278. The number of hydrogen-bond donors (Lipinski definition) is 2. The second kappa shape index (κ2) is 8.71. The Kier molecular flexibility index (Phi) is 6.48. The summed E-state index contributed by atoms with van der Waals surface area (Å²) < 4.78 is 7.78. The third-order valence-electron chi connectivity index (χ3n) is 4.44. The molecule has 0 aromatic heterocycles. The van der Waals surface area contributed by atoms with Crippen LogP contribution < -0.4 is 10.1 Å². The summed E-state index contributed by atoms with van der Waals surface area (Å²) in [4.78, 5) is 24.5. The van der Waals surface area contributed by atoms with Gasteiger partial charge in [0.15, 0.2) is 0 Å². The Morgan fingerprint density at radius 1 is 1.14 bits per heavy atom. The van der Waals surface area contributed by atoms with Crippen molar-refractivity contribution in [2.75, 3.05) is 0 Å². The Labute approximate surface area is 190 Å². The summed E-state index contributed by atoms with van der Waals surface area (Å²) in [7, 11) is 0. The third kappa shape index (κ3) is 4.90. The molecule has 0 spiro atoms. The first kappa shape index (κ1) is 21.6. The molecule has 0 aliphatic heterocycles. The van der Waals surface area contributed by atoms with Gasteiger partial charge < -0.3 is 15.2 Å². The average Bonchev–Trinajstić information content (AvgIpc) is 2.66. The van der Waals surface area contributed by atoms with Crippen molar-refractivity contribution in [2.45, 2.75) is 26.0 Å². The van der Waals surface area contributed by atoms with Gasteiger partial charge in [0.25, 0.3) is 5.91 Å². The predicted octanol–water partition coefficient (Wildman–Crippen LogP) is 5.38. The highest BCUT2D eigenvalue weighted by Gasteiger charge is 2.31. The number of carbonyl (C=O) groups is 2. The average molecular weight is 568 g/mol. The Balaban J connectivity index is 2.04. The molecule has 0 unspecified atom stereocenters. The van der Waals surface area contributed by atoms with Gasteiger partial charge in [-0.2, -0.15) is 0 Å². The molecule has 1 amide bonds. The molecule has 0 aliphatic rings. The van der Waals surface area contributed by atoms with Crippen LogP contribution in [0.25, 0.3) is 10.8 Å². The molecule has 0 atom stereocenters. The Morgan fingerprint density at radius 2 is 1.79 bits per heavy atom. The van der Waals surface area contributed by atoms with Crippen molar-refractivity contribution in [1.29, 1.82) is 0 Å². The van der Waals surface area contributed by atoms with E-state index in [0.29, 0.717) is 14.9 Å².